The Balaban J connectivity index is 1.48. The molecule has 2 aliphatic carbocycles. The third-order valence-corrected chi connectivity index (χ3v) is 5.06. The van der Waals surface area contributed by atoms with E-state index in [4.69, 9.17) is 5.73 Å². The van der Waals surface area contributed by atoms with E-state index in [0.29, 0.717) is 24.4 Å². The highest BCUT2D eigenvalue weighted by Crippen LogP contribution is 2.27. The van der Waals surface area contributed by atoms with Gasteiger partial charge in [0.2, 0.25) is 5.91 Å². The molecule has 1 fully saturated rings. The smallest absolute Gasteiger partial charge is 0.220 e. The number of amides is 1. The topological polar surface area (TPSA) is 55.1 Å². The van der Waals surface area contributed by atoms with E-state index >= 15 is 0 Å². The van der Waals surface area contributed by atoms with Gasteiger partial charge in [0.25, 0.3) is 0 Å². The SMILES string of the molecule is NC1CCC(NC(=O)CC2CCc3ccccc3C2)CC1. The summed E-state index contributed by atoms with van der Waals surface area (Å²) < 4.78 is 0. The molecule has 1 unspecified atom stereocenters. The molecule has 0 bridgehead atoms. The molecule has 1 saturated carbocycles. The Morgan fingerprint density at radius 2 is 1.81 bits per heavy atom. The fourth-order valence-electron chi connectivity index (χ4n) is 3.76. The van der Waals surface area contributed by atoms with Gasteiger partial charge in [-0.3, -0.25) is 4.79 Å². The average molecular weight is 286 g/mol. The standard InChI is InChI=1S/C18H26N2O/c19-16-7-9-17(10-8-16)20-18(21)12-13-5-6-14-3-1-2-4-15(14)11-13/h1-4,13,16-17H,5-12,19H2,(H,20,21). The van der Waals surface area contributed by atoms with E-state index in [1.807, 2.05) is 0 Å². The van der Waals surface area contributed by atoms with Gasteiger partial charge < -0.3 is 11.1 Å². The fourth-order valence-corrected chi connectivity index (χ4v) is 3.76. The average Bonchev–Trinajstić information content (AvgIpc) is 2.49. The molecule has 0 aromatic heterocycles. The Hall–Kier alpha value is -1.35. The van der Waals surface area contributed by atoms with Crippen molar-refractivity contribution in [2.45, 2.75) is 63.5 Å². The lowest BCUT2D eigenvalue weighted by atomic mass is 9.82. The lowest BCUT2D eigenvalue weighted by molar-refractivity contribution is -0.123. The maximum Gasteiger partial charge on any atom is 0.220 e. The summed E-state index contributed by atoms with van der Waals surface area (Å²) in [6, 6.07) is 9.34. The Morgan fingerprint density at radius 3 is 2.57 bits per heavy atom. The van der Waals surface area contributed by atoms with E-state index < -0.39 is 0 Å². The monoisotopic (exact) mass is 286 g/mol. The lowest BCUT2D eigenvalue weighted by Crippen LogP contribution is -2.41. The minimum atomic E-state index is 0.236. The van der Waals surface area contributed by atoms with Crippen LogP contribution in [-0.4, -0.2) is 18.0 Å². The molecule has 0 spiro atoms. The van der Waals surface area contributed by atoms with E-state index in [2.05, 4.69) is 29.6 Å². The predicted molar refractivity (Wildman–Crippen MR) is 84.9 cm³/mol. The Morgan fingerprint density at radius 1 is 1.10 bits per heavy atom. The number of nitrogens with one attached hydrogen (secondary N) is 1. The molecule has 0 aliphatic heterocycles. The van der Waals surface area contributed by atoms with Crippen molar-refractivity contribution in [1.82, 2.24) is 5.32 Å². The zero-order valence-electron chi connectivity index (χ0n) is 12.7. The molecule has 3 N–H and O–H groups in total. The molecule has 0 radical (unpaired) electrons. The Bertz CT molecular complexity index is 492. The van der Waals surface area contributed by atoms with E-state index in [0.717, 1.165) is 44.9 Å². The largest absolute Gasteiger partial charge is 0.353 e. The molecule has 0 heterocycles. The van der Waals surface area contributed by atoms with Gasteiger partial charge in [0.15, 0.2) is 0 Å². The number of fused-ring (bicyclic) bond motifs is 1. The highest BCUT2D eigenvalue weighted by molar-refractivity contribution is 5.76. The summed E-state index contributed by atoms with van der Waals surface area (Å²) in [5, 5.41) is 3.22. The van der Waals surface area contributed by atoms with Gasteiger partial charge in [0, 0.05) is 18.5 Å². The summed E-state index contributed by atoms with van der Waals surface area (Å²) in [5.74, 6) is 0.741. The van der Waals surface area contributed by atoms with Crippen LogP contribution in [0, 0.1) is 5.92 Å². The summed E-state index contributed by atoms with van der Waals surface area (Å²) >= 11 is 0. The first kappa shape index (κ1) is 14.6. The highest BCUT2D eigenvalue weighted by atomic mass is 16.1. The van der Waals surface area contributed by atoms with Crippen LogP contribution in [0.5, 0.6) is 0 Å². The van der Waals surface area contributed by atoms with Crippen molar-refractivity contribution in [1.29, 1.82) is 0 Å². The second-order valence-corrected chi connectivity index (χ2v) is 6.76. The molecule has 21 heavy (non-hydrogen) atoms. The highest BCUT2D eigenvalue weighted by Gasteiger charge is 2.23. The van der Waals surface area contributed by atoms with Gasteiger partial charge in [-0.1, -0.05) is 24.3 Å². The van der Waals surface area contributed by atoms with Crippen LogP contribution in [0.2, 0.25) is 0 Å². The number of hydrogen-bond acceptors (Lipinski definition) is 2. The van der Waals surface area contributed by atoms with Gasteiger partial charge in [-0.05, 0) is 62.0 Å². The summed E-state index contributed by atoms with van der Waals surface area (Å²) in [4.78, 5) is 12.2. The van der Waals surface area contributed by atoms with Gasteiger partial charge >= 0.3 is 0 Å². The number of aryl methyl sites for hydroxylation is 1. The first-order valence-corrected chi connectivity index (χ1v) is 8.32. The third kappa shape index (κ3) is 3.85. The number of rotatable bonds is 3. The minimum Gasteiger partial charge on any atom is -0.353 e. The van der Waals surface area contributed by atoms with Crippen molar-refractivity contribution >= 4 is 5.91 Å². The maximum absolute atomic E-state index is 12.2. The van der Waals surface area contributed by atoms with Crippen LogP contribution in [-0.2, 0) is 17.6 Å². The number of carbonyl (C=O) groups excluding carboxylic acids is 1. The molecule has 1 aromatic carbocycles. The Labute approximate surface area is 127 Å². The molecule has 3 rings (SSSR count). The van der Waals surface area contributed by atoms with Crippen LogP contribution in [0.4, 0.5) is 0 Å². The molecule has 1 atom stereocenters. The zero-order valence-corrected chi connectivity index (χ0v) is 12.7. The molecular weight excluding hydrogens is 260 g/mol. The van der Waals surface area contributed by atoms with Crippen molar-refractivity contribution in [2.24, 2.45) is 11.7 Å². The van der Waals surface area contributed by atoms with Crippen molar-refractivity contribution in [2.75, 3.05) is 0 Å². The van der Waals surface area contributed by atoms with E-state index in [1.54, 1.807) is 0 Å². The van der Waals surface area contributed by atoms with E-state index in [9.17, 15) is 4.79 Å². The van der Waals surface area contributed by atoms with Gasteiger partial charge in [0.1, 0.15) is 0 Å². The second kappa shape index (κ2) is 6.61. The number of hydrogen-bond donors (Lipinski definition) is 2. The number of nitrogens with two attached hydrogens (primary N) is 1. The summed E-state index contributed by atoms with van der Waals surface area (Å²) in [5.41, 5.74) is 8.81. The van der Waals surface area contributed by atoms with Gasteiger partial charge in [-0.15, -0.1) is 0 Å². The minimum absolute atomic E-state index is 0.236. The summed E-state index contributed by atoms with van der Waals surface area (Å²) in [6.45, 7) is 0. The molecule has 3 nitrogen and oxygen atoms in total. The molecule has 2 aliphatic rings. The van der Waals surface area contributed by atoms with Gasteiger partial charge in [-0.2, -0.15) is 0 Å². The molecule has 1 aromatic rings. The lowest BCUT2D eigenvalue weighted by Gasteiger charge is -2.28. The first-order chi connectivity index (χ1) is 10.2. The van der Waals surface area contributed by atoms with Crippen molar-refractivity contribution in [3.63, 3.8) is 0 Å². The molecule has 1 amide bonds. The van der Waals surface area contributed by atoms with Crippen LogP contribution >= 0.6 is 0 Å². The Kier molecular flexibility index (Phi) is 4.59. The number of benzene rings is 1. The van der Waals surface area contributed by atoms with Crippen molar-refractivity contribution in [3.8, 4) is 0 Å². The van der Waals surface area contributed by atoms with E-state index in [-0.39, 0.29) is 5.91 Å². The molecule has 0 saturated heterocycles. The fraction of sp³-hybridized carbons (Fsp3) is 0.611. The summed E-state index contributed by atoms with van der Waals surface area (Å²) in [6.07, 6.45) is 8.16. The van der Waals surface area contributed by atoms with Crippen LogP contribution < -0.4 is 11.1 Å². The molecule has 3 heteroatoms. The molecule has 114 valence electrons. The quantitative estimate of drug-likeness (QED) is 0.897. The van der Waals surface area contributed by atoms with Crippen LogP contribution in [0.25, 0.3) is 0 Å². The number of carbonyl (C=O) groups is 1. The van der Waals surface area contributed by atoms with Crippen molar-refractivity contribution < 1.29 is 4.79 Å². The third-order valence-electron chi connectivity index (χ3n) is 5.06. The maximum atomic E-state index is 12.2. The summed E-state index contributed by atoms with van der Waals surface area (Å²) in [7, 11) is 0. The second-order valence-electron chi connectivity index (χ2n) is 6.76. The van der Waals surface area contributed by atoms with Crippen LogP contribution in [0.3, 0.4) is 0 Å². The zero-order chi connectivity index (χ0) is 14.7. The van der Waals surface area contributed by atoms with Crippen LogP contribution in [0.15, 0.2) is 24.3 Å². The van der Waals surface area contributed by atoms with Crippen molar-refractivity contribution in [3.05, 3.63) is 35.4 Å². The van der Waals surface area contributed by atoms with Gasteiger partial charge in [-0.25, -0.2) is 0 Å². The van der Waals surface area contributed by atoms with Gasteiger partial charge in [0.05, 0.1) is 0 Å². The predicted octanol–water partition coefficient (Wildman–Crippen LogP) is 2.57. The van der Waals surface area contributed by atoms with E-state index in [1.165, 1.54) is 11.1 Å². The molecular formula is C18H26N2O. The van der Waals surface area contributed by atoms with Crippen LogP contribution in [0.1, 0.15) is 49.7 Å². The normalized spacial score (nSPS) is 28.7. The first-order valence-electron chi connectivity index (χ1n) is 8.32.